The predicted octanol–water partition coefficient (Wildman–Crippen LogP) is 3.08. The first-order chi connectivity index (χ1) is 6.42. The molecule has 2 nitrogen and oxygen atoms in total. The van der Waals surface area contributed by atoms with E-state index in [4.69, 9.17) is 10.7 Å². The Labute approximate surface area is 96.8 Å². The molecule has 0 bridgehead atoms. The van der Waals surface area contributed by atoms with Crippen molar-refractivity contribution in [3.63, 3.8) is 0 Å². The maximum absolute atomic E-state index is 10.9. The average Bonchev–Trinajstić information content (AvgIpc) is 2.06. The molecule has 1 rings (SSSR count). The SMILES string of the molecule is CCc1cc(Br)ccc1CS(=O)(=O)Cl. The summed E-state index contributed by atoms with van der Waals surface area (Å²) in [4.78, 5) is 0. The molecule has 0 spiro atoms. The zero-order chi connectivity index (χ0) is 10.8. The number of hydrogen-bond acceptors (Lipinski definition) is 2. The van der Waals surface area contributed by atoms with E-state index < -0.39 is 9.05 Å². The van der Waals surface area contributed by atoms with E-state index in [1.165, 1.54) is 0 Å². The van der Waals surface area contributed by atoms with E-state index in [-0.39, 0.29) is 5.75 Å². The number of benzene rings is 1. The van der Waals surface area contributed by atoms with Gasteiger partial charge in [0.05, 0.1) is 5.75 Å². The fourth-order valence-electron chi connectivity index (χ4n) is 1.25. The Bertz CT molecular complexity index is 428. The Morgan fingerprint density at radius 3 is 2.50 bits per heavy atom. The summed E-state index contributed by atoms with van der Waals surface area (Å²) in [6.07, 6.45) is 0.793. The van der Waals surface area contributed by atoms with Crippen LogP contribution in [0.15, 0.2) is 22.7 Å². The van der Waals surface area contributed by atoms with Gasteiger partial charge in [-0.05, 0) is 29.7 Å². The van der Waals surface area contributed by atoms with Crippen molar-refractivity contribution < 1.29 is 8.42 Å². The largest absolute Gasteiger partial charge is 0.236 e. The summed E-state index contributed by atoms with van der Waals surface area (Å²) in [7, 11) is 1.73. The molecule has 0 aliphatic heterocycles. The molecule has 14 heavy (non-hydrogen) atoms. The van der Waals surface area contributed by atoms with Crippen LogP contribution in [-0.4, -0.2) is 8.42 Å². The fourth-order valence-corrected chi connectivity index (χ4v) is 2.66. The van der Waals surface area contributed by atoms with Gasteiger partial charge in [0.1, 0.15) is 0 Å². The van der Waals surface area contributed by atoms with Gasteiger partial charge >= 0.3 is 0 Å². The van der Waals surface area contributed by atoms with Crippen molar-refractivity contribution >= 4 is 35.7 Å². The molecular formula is C9H10BrClO2S. The zero-order valence-electron chi connectivity index (χ0n) is 7.63. The molecule has 1 aromatic rings. The van der Waals surface area contributed by atoms with Crippen LogP contribution >= 0.6 is 26.6 Å². The predicted molar refractivity (Wildman–Crippen MR) is 62.0 cm³/mol. The number of aryl methyl sites for hydroxylation is 1. The van der Waals surface area contributed by atoms with Crippen molar-refractivity contribution in [1.82, 2.24) is 0 Å². The van der Waals surface area contributed by atoms with Crippen LogP contribution in [0.1, 0.15) is 18.1 Å². The molecule has 0 atom stereocenters. The highest BCUT2D eigenvalue weighted by molar-refractivity contribution is 9.10. The zero-order valence-corrected chi connectivity index (χ0v) is 10.8. The molecule has 0 amide bonds. The molecule has 0 fully saturated rings. The van der Waals surface area contributed by atoms with E-state index in [1.54, 1.807) is 6.07 Å². The number of halogens is 2. The van der Waals surface area contributed by atoms with Crippen LogP contribution in [0.4, 0.5) is 0 Å². The van der Waals surface area contributed by atoms with E-state index >= 15 is 0 Å². The summed E-state index contributed by atoms with van der Waals surface area (Å²) in [5.74, 6) is -0.106. The monoisotopic (exact) mass is 296 g/mol. The van der Waals surface area contributed by atoms with Gasteiger partial charge in [-0.15, -0.1) is 0 Å². The molecule has 0 radical (unpaired) electrons. The van der Waals surface area contributed by atoms with Crippen molar-refractivity contribution in [2.24, 2.45) is 0 Å². The highest BCUT2D eigenvalue weighted by atomic mass is 79.9. The Morgan fingerprint density at radius 2 is 2.00 bits per heavy atom. The summed E-state index contributed by atoms with van der Waals surface area (Å²) >= 11 is 3.33. The van der Waals surface area contributed by atoms with Gasteiger partial charge < -0.3 is 0 Å². The van der Waals surface area contributed by atoms with Gasteiger partial charge in [0.2, 0.25) is 9.05 Å². The van der Waals surface area contributed by atoms with Crippen molar-refractivity contribution in [3.05, 3.63) is 33.8 Å². The molecule has 0 aromatic heterocycles. The Kier molecular flexibility index (Phi) is 3.98. The third-order valence-electron chi connectivity index (χ3n) is 1.88. The van der Waals surface area contributed by atoms with E-state index in [0.717, 1.165) is 22.0 Å². The molecule has 78 valence electrons. The first kappa shape index (κ1) is 12.0. The molecule has 0 saturated carbocycles. The average molecular weight is 298 g/mol. The molecule has 0 aliphatic rings. The topological polar surface area (TPSA) is 34.1 Å². The van der Waals surface area contributed by atoms with Crippen LogP contribution in [0, 0.1) is 0 Å². The quantitative estimate of drug-likeness (QED) is 0.804. The number of hydrogen-bond donors (Lipinski definition) is 0. The van der Waals surface area contributed by atoms with Crippen LogP contribution in [0.25, 0.3) is 0 Å². The van der Waals surface area contributed by atoms with Gasteiger partial charge in [0.25, 0.3) is 0 Å². The first-order valence-corrected chi connectivity index (χ1v) is 7.39. The highest BCUT2D eigenvalue weighted by Crippen LogP contribution is 2.20. The number of rotatable bonds is 3. The minimum Gasteiger partial charge on any atom is -0.212 e. The van der Waals surface area contributed by atoms with Gasteiger partial charge in [-0.1, -0.05) is 28.9 Å². The molecular weight excluding hydrogens is 288 g/mol. The summed E-state index contributed by atoms with van der Waals surface area (Å²) in [6, 6.07) is 5.51. The lowest BCUT2D eigenvalue weighted by atomic mass is 10.1. The van der Waals surface area contributed by atoms with Crippen molar-refractivity contribution in [2.45, 2.75) is 19.1 Å². The Morgan fingerprint density at radius 1 is 1.36 bits per heavy atom. The Hall–Kier alpha value is -0.0600. The summed E-state index contributed by atoms with van der Waals surface area (Å²) in [5.41, 5.74) is 1.77. The third kappa shape index (κ3) is 3.59. The van der Waals surface area contributed by atoms with E-state index in [0.29, 0.717) is 0 Å². The van der Waals surface area contributed by atoms with Gasteiger partial charge in [-0.3, -0.25) is 0 Å². The maximum atomic E-state index is 10.9. The van der Waals surface area contributed by atoms with Crippen LogP contribution in [0.5, 0.6) is 0 Å². The van der Waals surface area contributed by atoms with Crippen molar-refractivity contribution in [2.75, 3.05) is 0 Å². The second-order valence-corrected chi connectivity index (χ2v) is 6.64. The van der Waals surface area contributed by atoms with E-state index in [9.17, 15) is 8.42 Å². The lowest BCUT2D eigenvalue weighted by Crippen LogP contribution is -1.99. The van der Waals surface area contributed by atoms with Gasteiger partial charge in [-0.2, -0.15) is 0 Å². The van der Waals surface area contributed by atoms with Gasteiger partial charge in [-0.25, -0.2) is 8.42 Å². The summed E-state index contributed by atoms with van der Waals surface area (Å²) in [5, 5.41) is 0. The smallest absolute Gasteiger partial charge is 0.212 e. The molecule has 1 aromatic carbocycles. The van der Waals surface area contributed by atoms with E-state index in [2.05, 4.69) is 15.9 Å². The van der Waals surface area contributed by atoms with Gasteiger partial charge in [0, 0.05) is 15.2 Å². The summed E-state index contributed by atoms with van der Waals surface area (Å²) in [6.45, 7) is 1.98. The van der Waals surface area contributed by atoms with Crippen LogP contribution < -0.4 is 0 Å². The second kappa shape index (κ2) is 4.64. The van der Waals surface area contributed by atoms with Gasteiger partial charge in [0.15, 0.2) is 0 Å². The molecule has 0 N–H and O–H groups in total. The van der Waals surface area contributed by atoms with Crippen molar-refractivity contribution in [1.29, 1.82) is 0 Å². The minimum atomic E-state index is -3.47. The Balaban J connectivity index is 3.09. The van der Waals surface area contributed by atoms with Crippen molar-refractivity contribution in [3.8, 4) is 0 Å². The van der Waals surface area contributed by atoms with E-state index in [1.807, 2.05) is 19.1 Å². The fraction of sp³-hybridized carbons (Fsp3) is 0.333. The first-order valence-electron chi connectivity index (χ1n) is 4.12. The lowest BCUT2D eigenvalue weighted by molar-refractivity contribution is 0.608. The lowest BCUT2D eigenvalue weighted by Gasteiger charge is -2.06. The normalized spacial score (nSPS) is 11.6. The molecule has 0 aliphatic carbocycles. The summed E-state index contributed by atoms with van der Waals surface area (Å²) < 4.78 is 22.8. The van der Waals surface area contributed by atoms with Crippen LogP contribution in [0.3, 0.4) is 0 Å². The molecule has 0 unspecified atom stereocenters. The standard InChI is InChI=1S/C9H10BrClO2S/c1-2-7-5-9(10)4-3-8(7)6-14(11,12)13/h3-5H,2,6H2,1H3. The molecule has 0 saturated heterocycles. The van der Waals surface area contributed by atoms with Crippen LogP contribution in [0.2, 0.25) is 0 Å². The maximum Gasteiger partial charge on any atom is 0.236 e. The third-order valence-corrected chi connectivity index (χ3v) is 3.35. The molecule has 0 heterocycles. The minimum absolute atomic E-state index is 0.106. The highest BCUT2D eigenvalue weighted by Gasteiger charge is 2.10. The van der Waals surface area contributed by atoms with Crippen LogP contribution in [-0.2, 0) is 21.2 Å². The molecule has 5 heteroatoms. The second-order valence-electron chi connectivity index (χ2n) is 2.95.